The number of hydrogen-bond acceptors (Lipinski definition) is 4. The summed E-state index contributed by atoms with van der Waals surface area (Å²) in [4.78, 5) is 12.9. The summed E-state index contributed by atoms with van der Waals surface area (Å²) >= 11 is 0. The first-order valence-corrected chi connectivity index (χ1v) is 5.76. The molecule has 5 heteroatoms. The van der Waals surface area contributed by atoms with Crippen LogP contribution in [0.4, 0.5) is 5.69 Å². The zero-order valence-electron chi connectivity index (χ0n) is 9.67. The van der Waals surface area contributed by atoms with Gasteiger partial charge in [-0.05, 0) is 18.1 Å². The molecule has 0 spiro atoms. The summed E-state index contributed by atoms with van der Waals surface area (Å²) in [6, 6.07) is 9.69. The van der Waals surface area contributed by atoms with Gasteiger partial charge in [-0.25, -0.2) is 4.79 Å². The first-order chi connectivity index (χ1) is 8.74. The molecule has 0 atom stereocenters. The largest absolute Gasteiger partial charge is 0.475 e. The fraction of sp³-hybridized carbons (Fsp3) is 0.231. The number of fused-ring (bicyclic) bond motifs is 1. The molecule has 0 radical (unpaired) electrons. The topological polar surface area (TPSA) is 66.6 Å². The number of para-hydroxylation sites is 1. The normalized spacial score (nSPS) is 13.7. The second kappa shape index (κ2) is 4.18. The fourth-order valence-electron chi connectivity index (χ4n) is 2.25. The summed E-state index contributed by atoms with van der Waals surface area (Å²) in [6.45, 7) is 1.50. The molecule has 0 bridgehead atoms. The number of aromatic carboxylic acids is 1. The maximum Gasteiger partial charge on any atom is 0.374 e. The van der Waals surface area contributed by atoms with Gasteiger partial charge in [0.25, 0.3) is 0 Å². The third kappa shape index (κ3) is 1.84. The Bertz CT molecular complexity index is 591. The number of carbonyl (C=O) groups is 1. The van der Waals surface area contributed by atoms with Crippen molar-refractivity contribution in [2.24, 2.45) is 0 Å². The van der Waals surface area contributed by atoms with Crippen molar-refractivity contribution in [2.45, 2.75) is 13.0 Å². The number of benzene rings is 1. The highest BCUT2D eigenvalue weighted by Gasteiger charge is 2.20. The third-order valence-corrected chi connectivity index (χ3v) is 3.11. The van der Waals surface area contributed by atoms with E-state index in [4.69, 9.17) is 9.63 Å². The van der Waals surface area contributed by atoms with Gasteiger partial charge in [0, 0.05) is 18.3 Å². The molecule has 0 unspecified atom stereocenters. The van der Waals surface area contributed by atoms with Crippen molar-refractivity contribution in [3.8, 4) is 0 Å². The van der Waals surface area contributed by atoms with E-state index in [0.29, 0.717) is 12.2 Å². The van der Waals surface area contributed by atoms with Crippen LogP contribution in [0.25, 0.3) is 0 Å². The molecule has 0 saturated carbocycles. The van der Waals surface area contributed by atoms with Crippen LogP contribution in [0.1, 0.15) is 21.8 Å². The van der Waals surface area contributed by atoms with Gasteiger partial charge < -0.3 is 14.5 Å². The van der Waals surface area contributed by atoms with Gasteiger partial charge >= 0.3 is 5.97 Å². The van der Waals surface area contributed by atoms with E-state index < -0.39 is 5.97 Å². The highest BCUT2D eigenvalue weighted by molar-refractivity contribution is 5.84. The van der Waals surface area contributed by atoms with Crippen LogP contribution >= 0.6 is 0 Å². The molecule has 18 heavy (non-hydrogen) atoms. The minimum atomic E-state index is -1.09. The Hall–Kier alpha value is -2.30. The summed E-state index contributed by atoms with van der Waals surface area (Å²) in [5.41, 5.74) is 3.15. The van der Waals surface area contributed by atoms with Crippen LogP contribution in [0, 0.1) is 0 Å². The average molecular weight is 244 g/mol. The highest BCUT2D eigenvalue weighted by atomic mass is 16.5. The van der Waals surface area contributed by atoms with Crippen LogP contribution in [-0.2, 0) is 13.0 Å². The van der Waals surface area contributed by atoms with Gasteiger partial charge in [0.1, 0.15) is 5.69 Å². The quantitative estimate of drug-likeness (QED) is 0.893. The summed E-state index contributed by atoms with van der Waals surface area (Å²) in [5.74, 6) is -1.20. The van der Waals surface area contributed by atoms with Crippen molar-refractivity contribution in [1.82, 2.24) is 5.16 Å². The van der Waals surface area contributed by atoms with E-state index in [1.807, 2.05) is 12.1 Å². The molecule has 1 aliphatic heterocycles. The predicted octanol–water partition coefficient (Wildman–Crippen LogP) is 1.94. The summed E-state index contributed by atoms with van der Waals surface area (Å²) in [6.07, 6.45) is 1.01. The Morgan fingerprint density at radius 3 is 3.06 bits per heavy atom. The lowest BCUT2D eigenvalue weighted by Crippen LogP contribution is -2.19. The van der Waals surface area contributed by atoms with Gasteiger partial charge in [-0.3, -0.25) is 0 Å². The molecule has 1 aromatic heterocycles. The second-order valence-electron chi connectivity index (χ2n) is 4.29. The van der Waals surface area contributed by atoms with Crippen molar-refractivity contribution in [3.05, 3.63) is 47.3 Å². The number of carboxylic acid groups (broad SMARTS) is 1. The summed E-state index contributed by atoms with van der Waals surface area (Å²) in [5, 5.41) is 12.5. The van der Waals surface area contributed by atoms with E-state index in [-0.39, 0.29) is 5.76 Å². The Labute approximate surface area is 104 Å². The van der Waals surface area contributed by atoms with E-state index in [1.54, 1.807) is 0 Å². The fourth-order valence-corrected chi connectivity index (χ4v) is 2.25. The van der Waals surface area contributed by atoms with Crippen LogP contribution < -0.4 is 4.90 Å². The zero-order chi connectivity index (χ0) is 12.5. The van der Waals surface area contributed by atoms with Crippen LogP contribution in [-0.4, -0.2) is 22.8 Å². The monoisotopic (exact) mass is 244 g/mol. The maximum absolute atomic E-state index is 10.7. The minimum absolute atomic E-state index is 0.113. The Balaban J connectivity index is 1.80. The van der Waals surface area contributed by atoms with Crippen LogP contribution in [0.15, 0.2) is 34.9 Å². The number of rotatable bonds is 3. The SMILES string of the molecule is O=C(O)c1cc(CN2CCc3ccccc32)no1. The first-order valence-electron chi connectivity index (χ1n) is 5.76. The number of anilines is 1. The molecular weight excluding hydrogens is 232 g/mol. The smallest absolute Gasteiger partial charge is 0.374 e. The van der Waals surface area contributed by atoms with Gasteiger partial charge in [0.2, 0.25) is 5.76 Å². The molecule has 0 fully saturated rings. The number of carboxylic acids is 1. The van der Waals surface area contributed by atoms with Crippen molar-refractivity contribution < 1.29 is 14.4 Å². The van der Waals surface area contributed by atoms with E-state index in [0.717, 1.165) is 13.0 Å². The third-order valence-electron chi connectivity index (χ3n) is 3.11. The summed E-state index contributed by atoms with van der Waals surface area (Å²) < 4.78 is 4.75. The predicted molar refractivity (Wildman–Crippen MR) is 64.7 cm³/mol. The van der Waals surface area contributed by atoms with Gasteiger partial charge in [-0.15, -0.1) is 0 Å². The molecule has 3 rings (SSSR count). The molecule has 0 amide bonds. The Morgan fingerprint density at radius 1 is 1.44 bits per heavy atom. The average Bonchev–Trinajstić information content (AvgIpc) is 2.98. The lowest BCUT2D eigenvalue weighted by Gasteiger charge is -2.17. The van der Waals surface area contributed by atoms with Crippen molar-refractivity contribution in [1.29, 1.82) is 0 Å². The van der Waals surface area contributed by atoms with Crippen LogP contribution in [0.3, 0.4) is 0 Å². The van der Waals surface area contributed by atoms with E-state index in [1.165, 1.54) is 17.3 Å². The minimum Gasteiger partial charge on any atom is -0.475 e. The number of aromatic nitrogens is 1. The van der Waals surface area contributed by atoms with E-state index in [2.05, 4.69) is 22.2 Å². The van der Waals surface area contributed by atoms with Crippen LogP contribution in [0.2, 0.25) is 0 Å². The number of hydrogen-bond donors (Lipinski definition) is 1. The van der Waals surface area contributed by atoms with Crippen molar-refractivity contribution in [3.63, 3.8) is 0 Å². The first kappa shape index (κ1) is 10.8. The van der Waals surface area contributed by atoms with E-state index >= 15 is 0 Å². The molecule has 92 valence electrons. The molecule has 0 saturated heterocycles. The molecule has 5 nitrogen and oxygen atoms in total. The standard InChI is InChI=1S/C13H12N2O3/c16-13(17)12-7-10(14-18-12)8-15-6-5-9-3-1-2-4-11(9)15/h1-4,7H,5-6,8H2,(H,16,17). The van der Waals surface area contributed by atoms with E-state index in [9.17, 15) is 4.79 Å². The Morgan fingerprint density at radius 2 is 2.28 bits per heavy atom. The number of nitrogens with zero attached hydrogens (tertiary/aromatic N) is 2. The highest BCUT2D eigenvalue weighted by Crippen LogP contribution is 2.28. The van der Waals surface area contributed by atoms with Gasteiger partial charge in [-0.1, -0.05) is 23.4 Å². The van der Waals surface area contributed by atoms with Gasteiger partial charge in [0.05, 0.1) is 6.54 Å². The zero-order valence-corrected chi connectivity index (χ0v) is 9.67. The summed E-state index contributed by atoms with van der Waals surface area (Å²) in [7, 11) is 0. The van der Waals surface area contributed by atoms with Crippen molar-refractivity contribution in [2.75, 3.05) is 11.4 Å². The van der Waals surface area contributed by atoms with Gasteiger partial charge in [0.15, 0.2) is 0 Å². The lowest BCUT2D eigenvalue weighted by atomic mass is 10.2. The molecule has 0 aliphatic carbocycles. The van der Waals surface area contributed by atoms with Gasteiger partial charge in [-0.2, -0.15) is 0 Å². The van der Waals surface area contributed by atoms with Crippen molar-refractivity contribution >= 4 is 11.7 Å². The second-order valence-corrected chi connectivity index (χ2v) is 4.29. The molecule has 1 N–H and O–H groups in total. The Kier molecular flexibility index (Phi) is 2.51. The molecule has 2 heterocycles. The van der Waals surface area contributed by atoms with Crippen LogP contribution in [0.5, 0.6) is 0 Å². The molecule has 1 aromatic carbocycles. The molecule has 2 aromatic rings. The molecule has 1 aliphatic rings. The molecular formula is C13H12N2O3. The lowest BCUT2D eigenvalue weighted by molar-refractivity contribution is 0.0652. The maximum atomic E-state index is 10.7.